The zero-order valence-electron chi connectivity index (χ0n) is 9.29. The van der Waals surface area contributed by atoms with E-state index in [1.54, 1.807) is 11.8 Å². The third kappa shape index (κ3) is 5.53. The molecule has 0 atom stereocenters. The molecule has 0 aromatic carbocycles. The van der Waals surface area contributed by atoms with Gasteiger partial charge in [-0.1, -0.05) is 0 Å². The summed E-state index contributed by atoms with van der Waals surface area (Å²) in [7, 11) is 0. The van der Waals surface area contributed by atoms with Gasteiger partial charge in [0.25, 0.3) is 0 Å². The first-order chi connectivity index (χ1) is 7.88. The van der Waals surface area contributed by atoms with Crippen LogP contribution in [0.25, 0.3) is 0 Å². The molecule has 1 saturated heterocycles. The number of halogens is 3. The Hall–Kier alpha value is -1.31. The third-order valence-corrected chi connectivity index (χ3v) is 2.08. The summed E-state index contributed by atoms with van der Waals surface area (Å²) >= 11 is 0. The normalized spacial score (nSPS) is 18.1. The molecule has 0 N–H and O–H groups in total. The molecule has 0 aliphatic carbocycles. The van der Waals surface area contributed by atoms with Crippen molar-refractivity contribution in [2.75, 3.05) is 32.9 Å². The van der Waals surface area contributed by atoms with Gasteiger partial charge in [0.05, 0.1) is 13.2 Å². The highest BCUT2D eigenvalue weighted by Crippen LogP contribution is 2.14. The van der Waals surface area contributed by atoms with Gasteiger partial charge in [-0.25, -0.2) is 4.79 Å². The van der Waals surface area contributed by atoms with Gasteiger partial charge in [-0.3, -0.25) is 0 Å². The van der Waals surface area contributed by atoms with Gasteiger partial charge in [0, 0.05) is 13.1 Å². The van der Waals surface area contributed by atoms with Gasteiger partial charge in [0.2, 0.25) is 0 Å². The molecule has 0 saturated carbocycles. The Morgan fingerprint density at radius 3 is 2.53 bits per heavy atom. The third-order valence-electron chi connectivity index (χ3n) is 2.08. The van der Waals surface area contributed by atoms with Crippen molar-refractivity contribution in [1.82, 2.24) is 4.90 Å². The van der Waals surface area contributed by atoms with Crippen LogP contribution in [0.4, 0.5) is 18.0 Å². The van der Waals surface area contributed by atoms with Crippen LogP contribution in [0, 0.1) is 0 Å². The lowest BCUT2D eigenvalue weighted by atomic mass is 10.4. The minimum Gasteiger partial charge on any atom is -0.438 e. The van der Waals surface area contributed by atoms with E-state index in [4.69, 9.17) is 4.74 Å². The number of hydrogen-bond acceptors (Lipinski definition) is 3. The number of carbonyl (C=O) groups is 1. The second kappa shape index (κ2) is 5.85. The van der Waals surface area contributed by atoms with E-state index in [0.29, 0.717) is 32.1 Å². The van der Waals surface area contributed by atoms with Crippen molar-refractivity contribution in [3.05, 3.63) is 0 Å². The predicted octanol–water partition coefficient (Wildman–Crippen LogP) is 1.44. The van der Waals surface area contributed by atoms with Gasteiger partial charge in [-0.2, -0.15) is 18.2 Å². The van der Waals surface area contributed by atoms with Crippen LogP contribution in [-0.4, -0.2) is 55.9 Å². The summed E-state index contributed by atoms with van der Waals surface area (Å²) in [6.07, 6.45) is -5.76. The second-order valence-corrected chi connectivity index (χ2v) is 3.43. The molecular formula is C9H13F3N2O3. The number of amides is 1. The molecule has 0 radical (unpaired) electrons. The van der Waals surface area contributed by atoms with Gasteiger partial charge in [0.1, 0.15) is 5.84 Å². The number of nitrogens with zero attached hydrogens (tertiary/aromatic N) is 2. The smallest absolute Gasteiger partial charge is 0.435 e. The minimum absolute atomic E-state index is 0.334. The highest BCUT2D eigenvalue weighted by atomic mass is 19.4. The quantitative estimate of drug-likeness (QED) is 0.524. The fraction of sp³-hybridized carbons (Fsp3) is 0.778. The highest BCUT2D eigenvalue weighted by Gasteiger charge is 2.29. The molecule has 1 rings (SSSR count). The fourth-order valence-electron chi connectivity index (χ4n) is 1.27. The molecule has 0 unspecified atom stereocenters. The minimum atomic E-state index is -4.53. The summed E-state index contributed by atoms with van der Waals surface area (Å²) in [5.41, 5.74) is 0. The van der Waals surface area contributed by atoms with E-state index < -0.39 is 18.9 Å². The van der Waals surface area contributed by atoms with Crippen molar-refractivity contribution in [3.63, 3.8) is 0 Å². The molecule has 1 amide bonds. The number of ether oxygens (including phenoxy) is 2. The number of alkyl halides is 3. The molecule has 1 heterocycles. The van der Waals surface area contributed by atoms with Crippen molar-refractivity contribution in [1.29, 1.82) is 0 Å². The Balaban J connectivity index is 2.41. The van der Waals surface area contributed by atoms with Crippen molar-refractivity contribution in [2.24, 2.45) is 4.99 Å². The summed E-state index contributed by atoms with van der Waals surface area (Å²) in [4.78, 5) is 16.2. The molecule has 0 bridgehead atoms. The first-order valence-electron chi connectivity index (χ1n) is 5.00. The molecule has 8 heteroatoms. The number of carbonyl (C=O) groups excluding carboxylic acids is 1. The summed E-state index contributed by atoms with van der Waals surface area (Å²) in [6.45, 7) is 2.05. The average Bonchev–Trinajstić information content (AvgIpc) is 2.27. The standard InChI is InChI=1S/C9H13F3N2O3/c1-7(14-2-4-16-5-3-14)13-8(15)17-6-9(10,11)12/h2-6H2,1H3. The Labute approximate surface area is 96.2 Å². The van der Waals surface area contributed by atoms with Crippen LogP contribution in [0.15, 0.2) is 4.99 Å². The summed E-state index contributed by atoms with van der Waals surface area (Å²) in [6, 6.07) is 0. The lowest BCUT2D eigenvalue weighted by Crippen LogP contribution is -2.39. The molecule has 98 valence electrons. The van der Waals surface area contributed by atoms with Crippen LogP contribution < -0.4 is 0 Å². The SMILES string of the molecule is CC(=NC(=O)OCC(F)(F)F)N1CCOCC1. The van der Waals surface area contributed by atoms with Gasteiger partial charge in [0.15, 0.2) is 6.61 Å². The predicted molar refractivity (Wildman–Crippen MR) is 52.9 cm³/mol. The van der Waals surface area contributed by atoms with Crippen molar-refractivity contribution < 1.29 is 27.4 Å². The first kappa shape index (κ1) is 13.8. The summed E-state index contributed by atoms with van der Waals surface area (Å²) in [5, 5.41) is 0. The molecule has 5 nitrogen and oxygen atoms in total. The summed E-state index contributed by atoms with van der Waals surface area (Å²) < 4.78 is 44.3. The molecule has 17 heavy (non-hydrogen) atoms. The number of hydrogen-bond donors (Lipinski definition) is 0. The van der Waals surface area contributed by atoms with Gasteiger partial charge < -0.3 is 14.4 Å². The van der Waals surface area contributed by atoms with E-state index in [-0.39, 0.29) is 0 Å². The zero-order valence-corrected chi connectivity index (χ0v) is 9.29. The van der Waals surface area contributed by atoms with Crippen LogP contribution in [-0.2, 0) is 9.47 Å². The number of aliphatic imine (C=N–C) groups is 1. The Morgan fingerprint density at radius 1 is 1.41 bits per heavy atom. The maximum absolute atomic E-state index is 11.8. The Kier molecular flexibility index (Phi) is 4.73. The van der Waals surface area contributed by atoms with Gasteiger partial charge in [-0.15, -0.1) is 0 Å². The highest BCUT2D eigenvalue weighted by molar-refractivity contribution is 5.90. The fourth-order valence-corrected chi connectivity index (χ4v) is 1.27. The van der Waals surface area contributed by atoms with Gasteiger partial charge >= 0.3 is 12.3 Å². The number of rotatable bonds is 1. The largest absolute Gasteiger partial charge is 0.438 e. The van der Waals surface area contributed by atoms with Crippen molar-refractivity contribution >= 4 is 11.9 Å². The average molecular weight is 254 g/mol. The van der Waals surface area contributed by atoms with Crippen LogP contribution in [0.1, 0.15) is 6.92 Å². The van der Waals surface area contributed by atoms with E-state index >= 15 is 0 Å². The van der Waals surface area contributed by atoms with Crippen LogP contribution >= 0.6 is 0 Å². The van der Waals surface area contributed by atoms with Crippen LogP contribution in [0.5, 0.6) is 0 Å². The number of morpholine rings is 1. The molecule has 1 aliphatic rings. The van der Waals surface area contributed by atoms with Crippen molar-refractivity contribution in [2.45, 2.75) is 13.1 Å². The van der Waals surface area contributed by atoms with Crippen LogP contribution in [0.2, 0.25) is 0 Å². The van der Waals surface area contributed by atoms with E-state index in [2.05, 4.69) is 9.73 Å². The first-order valence-corrected chi connectivity index (χ1v) is 5.00. The van der Waals surface area contributed by atoms with E-state index in [9.17, 15) is 18.0 Å². The topological polar surface area (TPSA) is 51.1 Å². The van der Waals surface area contributed by atoms with Crippen molar-refractivity contribution in [3.8, 4) is 0 Å². The lowest BCUT2D eigenvalue weighted by molar-refractivity contribution is -0.159. The molecule has 1 aliphatic heterocycles. The number of amidine groups is 1. The molecule has 1 fully saturated rings. The van der Waals surface area contributed by atoms with E-state index in [1.807, 2.05) is 0 Å². The van der Waals surface area contributed by atoms with Gasteiger partial charge in [-0.05, 0) is 6.92 Å². The maximum Gasteiger partial charge on any atom is 0.435 e. The maximum atomic E-state index is 11.8. The molecule has 0 spiro atoms. The summed E-state index contributed by atoms with van der Waals surface area (Å²) in [5.74, 6) is 0.334. The molecular weight excluding hydrogens is 241 g/mol. The lowest BCUT2D eigenvalue weighted by Gasteiger charge is -2.27. The van der Waals surface area contributed by atoms with E-state index in [1.165, 1.54) is 0 Å². The molecule has 0 aromatic heterocycles. The van der Waals surface area contributed by atoms with Crippen LogP contribution in [0.3, 0.4) is 0 Å². The Morgan fingerprint density at radius 2 is 2.00 bits per heavy atom. The zero-order chi connectivity index (χ0) is 12.9. The molecule has 0 aromatic rings. The Bertz CT molecular complexity index is 298. The van der Waals surface area contributed by atoms with E-state index in [0.717, 1.165) is 0 Å². The second-order valence-electron chi connectivity index (χ2n) is 3.43. The monoisotopic (exact) mass is 254 g/mol.